The average Bonchev–Trinajstić information content (AvgIpc) is 2.68. The van der Waals surface area contributed by atoms with Gasteiger partial charge in [-0.15, -0.1) is 0 Å². The molecule has 2 rings (SSSR count). The van der Waals surface area contributed by atoms with Crippen molar-refractivity contribution in [3.63, 3.8) is 0 Å². The van der Waals surface area contributed by atoms with Gasteiger partial charge in [-0.3, -0.25) is 23.6 Å². The van der Waals surface area contributed by atoms with Gasteiger partial charge in [-0.1, -0.05) is 19.4 Å². The maximum Gasteiger partial charge on any atom is 0.332 e. The number of carbonyl (C=O) groups excluding carboxylic acids is 1. The van der Waals surface area contributed by atoms with Gasteiger partial charge in [0, 0.05) is 53.4 Å². The quantitative estimate of drug-likeness (QED) is 0.592. The topological polar surface area (TPSA) is 91.6 Å². The Morgan fingerprint density at radius 3 is 2.11 bits per heavy atom. The van der Waals surface area contributed by atoms with Crippen molar-refractivity contribution in [2.45, 2.75) is 25.7 Å². The number of aromatic nitrogens is 2. The van der Waals surface area contributed by atoms with Crippen molar-refractivity contribution in [3.8, 4) is 0 Å². The largest absolute Gasteiger partial charge is 0.371 e. The highest BCUT2D eigenvalue weighted by atomic mass is 16.2. The van der Waals surface area contributed by atoms with Crippen molar-refractivity contribution in [2.24, 2.45) is 14.1 Å². The molecule has 28 heavy (non-hydrogen) atoms. The number of unbranched alkanes of at least 4 members (excludes halogenated alkanes) is 3. The van der Waals surface area contributed by atoms with Crippen LogP contribution in [0.15, 0.2) is 40.0 Å². The van der Waals surface area contributed by atoms with Gasteiger partial charge in [0.15, 0.2) is 0 Å². The SMILES string of the molecule is C=C1N(C)C(=O)C=C(NCCCCCCNc2cc(=O)n(C)c(=O)n2C)N1C. The predicted octanol–water partition coefficient (Wildman–Crippen LogP) is 0.362. The highest BCUT2D eigenvalue weighted by Gasteiger charge is 2.22. The van der Waals surface area contributed by atoms with Gasteiger partial charge in [0.25, 0.3) is 11.5 Å². The molecule has 0 fully saturated rings. The normalized spacial score (nSPS) is 14.4. The Kier molecular flexibility index (Phi) is 7.08. The van der Waals surface area contributed by atoms with Gasteiger partial charge < -0.3 is 15.5 Å². The molecule has 2 N–H and O–H groups in total. The zero-order chi connectivity index (χ0) is 20.8. The molecule has 1 amide bonds. The number of likely N-dealkylation sites (N-methyl/N-ethyl adjacent to an activating group) is 1. The highest BCUT2D eigenvalue weighted by molar-refractivity contribution is 5.90. The third-order valence-electron chi connectivity index (χ3n) is 4.97. The smallest absolute Gasteiger partial charge is 0.332 e. The third-order valence-corrected chi connectivity index (χ3v) is 4.97. The number of rotatable bonds is 9. The minimum absolute atomic E-state index is 0.0817. The van der Waals surface area contributed by atoms with Gasteiger partial charge in [-0.05, 0) is 12.8 Å². The third kappa shape index (κ3) is 4.85. The summed E-state index contributed by atoms with van der Waals surface area (Å²) >= 11 is 0. The molecular formula is C19H30N6O3. The summed E-state index contributed by atoms with van der Waals surface area (Å²) in [5.41, 5.74) is -0.651. The van der Waals surface area contributed by atoms with Crippen molar-refractivity contribution < 1.29 is 4.79 Å². The molecule has 0 atom stereocenters. The van der Waals surface area contributed by atoms with Crippen LogP contribution < -0.4 is 21.9 Å². The molecule has 0 aromatic carbocycles. The van der Waals surface area contributed by atoms with E-state index in [0.717, 1.165) is 42.6 Å². The Balaban J connectivity index is 1.66. The molecule has 0 unspecified atom stereocenters. The molecule has 9 nitrogen and oxygen atoms in total. The van der Waals surface area contributed by atoms with Gasteiger partial charge in [0.05, 0.1) is 0 Å². The van der Waals surface area contributed by atoms with Gasteiger partial charge in [-0.25, -0.2) is 4.79 Å². The van der Waals surface area contributed by atoms with E-state index in [1.165, 1.54) is 22.6 Å². The number of hydrogen-bond acceptors (Lipinski definition) is 6. The predicted molar refractivity (Wildman–Crippen MR) is 110 cm³/mol. The van der Waals surface area contributed by atoms with E-state index in [2.05, 4.69) is 17.2 Å². The summed E-state index contributed by atoms with van der Waals surface area (Å²) in [6.45, 7) is 5.37. The first-order valence-corrected chi connectivity index (χ1v) is 9.41. The Bertz CT molecular complexity index is 883. The van der Waals surface area contributed by atoms with Crippen molar-refractivity contribution >= 4 is 11.7 Å². The lowest BCUT2D eigenvalue weighted by molar-refractivity contribution is -0.124. The number of carbonyl (C=O) groups is 1. The maximum absolute atomic E-state index is 11.9. The van der Waals surface area contributed by atoms with Crippen LogP contribution in [0.3, 0.4) is 0 Å². The number of amides is 1. The zero-order valence-electron chi connectivity index (χ0n) is 17.1. The molecule has 154 valence electrons. The van der Waals surface area contributed by atoms with Crippen molar-refractivity contribution in [1.82, 2.24) is 24.3 Å². The van der Waals surface area contributed by atoms with E-state index in [-0.39, 0.29) is 17.2 Å². The summed E-state index contributed by atoms with van der Waals surface area (Å²) in [5, 5.41) is 6.43. The molecule has 0 radical (unpaired) electrons. The summed E-state index contributed by atoms with van der Waals surface area (Å²) in [6, 6.07) is 1.44. The van der Waals surface area contributed by atoms with E-state index in [4.69, 9.17) is 0 Å². The second-order valence-electron chi connectivity index (χ2n) is 6.94. The van der Waals surface area contributed by atoms with Crippen LogP contribution >= 0.6 is 0 Å². The Labute approximate surface area is 164 Å². The van der Waals surface area contributed by atoms with Crippen LogP contribution in [0.1, 0.15) is 25.7 Å². The fourth-order valence-corrected chi connectivity index (χ4v) is 2.91. The Hall–Kier alpha value is -2.97. The van der Waals surface area contributed by atoms with Crippen LogP contribution in [0, 0.1) is 0 Å². The van der Waals surface area contributed by atoms with E-state index >= 15 is 0 Å². The number of hydrogen-bond donors (Lipinski definition) is 2. The van der Waals surface area contributed by atoms with Gasteiger partial charge in [0.2, 0.25) is 0 Å². The average molecular weight is 390 g/mol. The fourth-order valence-electron chi connectivity index (χ4n) is 2.91. The lowest BCUT2D eigenvalue weighted by Gasteiger charge is -2.34. The summed E-state index contributed by atoms with van der Waals surface area (Å²) in [5.74, 6) is 1.87. The minimum Gasteiger partial charge on any atom is -0.371 e. The van der Waals surface area contributed by atoms with Gasteiger partial charge >= 0.3 is 5.69 Å². The van der Waals surface area contributed by atoms with E-state index in [0.29, 0.717) is 18.2 Å². The summed E-state index contributed by atoms with van der Waals surface area (Å²) in [7, 11) is 6.69. The molecule has 1 aromatic rings. The van der Waals surface area contributed by atoms with Crippen LogP contribution in [0.5, 0.6) is 0 Å². The summed E-state index contributed by atoms with van der Waals surface area (Å²) < 4.78 is 2.52. The first-order chi connectivity index (χ1) is 13.2. The molecule has 0 bridgehead atoms. The fraction of sp³-hybridized carbons (Fsp3) is 0.526. The molecule has 1 aliphatic rings. The number of nitrogens with zero attached hydrogens (tertiary/aromatic N) is 4. The van der Waals surface area contributed by atoms with Crippen LogP contribution in [0.4, 0.5) is 5.82 Å². The molecule has 9 heteroatoms. The van der Waals surface area contributed by atoms with Crippen LogP contribution in [0.2, 0.25) is 0 Å². The molecule has 0 saturated heterocycles. The minimum atomic E-state index is -0.338. The molecular weight excluding hydrogens is 360 g/mol. The number of nitrogens with one attached hydrogen (secondary N) is 2. The molecule has 0 spiro atoms. The van der Waals surface area contributed by atoms with E-state index in [9.17, 15) is 14.4 Å². The molecule has 1 aliphatic heterocycles. The number of anilines is 1. The van der Waals surface area contributed by atoms with Gasteiger partial charge in [0.1, 0.15) is 17.5 Å². The summed E-state index contributed by atoms with van der Waals surface area (Å²) in [4.78, 5) is 38.8. The Morgan fingerprint density at radius 2 is 1.46 bits per heavy atom. The van der Waals surface area contributed by atoms with Crippen molar-refractivity contribution in [2.75, 3.05) is 32.5 Å². The molecule has 1 aromatic heterocycles. The van der Waals surface area contributed by atoms with Crippen LogP contribution in [0.25, 0.3) is 0 Å². The lowest BCUT2D eigenvalue weighted by Crippen LogP contribution is -2.42. The monoisotopic (exact) mass is 390 g/mol. The molecule has 0 saturated carbocycles. The first-order valence-electron chi connectivity index (χ1n) is 9.41. The lowest BCUT2D eigenvalue weighted by atomic mass is 10.2. The van der Waals surface area contributed by atoms with E-state index in [1.807, 2.05) is 11.9 Å². The Morgan fingerprint density at radius 1 is 0.857 bits per heavy atom. The highest BCUT2D eigenvalue weighted by Crippen LogP contribution is 2.16. The van der Waals surface area contributed by atoms with Crippen molar-refractivity contribution in [1.29, 1.82) is 0 Å². The first kappa shape index (κ1) is 21.3. The molecule has 2 heterocycles. The zero-order valence-corrected chi connectivity index (χ0v) is 17.1. The van der Waals surface area contributed by atoms with Gasteiger partial charge in [-0.2, -0.15) is 0 Å². The standard InChI is InChI=1S/C19H30N6O3/c1-14-22(2)15(12-17(26)23(14)3)20-10-8-6-7-9-11-21-16-13-18(27)25(5)19(28)24(16)4/h12-13,20-21H,1,6-11H2,2-5H3. The van der Waals surface area contributed by atoms with Crippen LogP contribution in [-0.2, 0) is 18.9 Å². The summed E-state index contributed by atoms with van der Waals surface area (Å²) in [6.07, 6.45) is 5.55. The second-order valence-corrected chi connectivity index (χ2v) is 6.94. The second kappa shape index (κ2) is 9.29. The van der Waals surface area contributed by atoms with E-state index in [1.54, 1.807) is 20.2 Å². The maximum atomic E-state index is 11.9. The van der Waals surface area contributed by atoms with Crippen LogP contribution in [-0.4, -0.2) is 52.0 Å². The van der Waals surface area contributed by atoms with Crippen molar-refractivity contribution in [3.05, 3.63) is 51.2 Å². The molecule has 0 aliphatic carbocycles. The van der Waals surface area contributed by atoms with E-state index < -0.39 is 0 Å².